The van der Waals surface area contributed by atoms with Gasteiger partial charge in [0.2, 0.25) is 0 Å². The molecule has 2 N–H and O–H groups in total. The van der Waals surface area contributed by atoms with Crippen molar-refractivity contribution >= 4 is 5.96 Å². The Bertz CT molecular complexity index is 690. The molecule has 1 saturated heterocycles. The van der Waals surface area contributed by atoms with Crippen LogP contribution in [0.1, 0.15) is 30.2 Å². The molecule has 3 rings (SSSR count). The van der Waals surface area contributed by atoms with Gasteiger partial charge in [-0.25, -0.2) is 0 Å². The van der Waals surface area contributed by atoms with E-state index >= 15 is 0 Å². The molecule has 1 aliphatic rings. The highest BCUT2D eigenvalue weighted by atomic mass is 16.5. The maximum Gasteiger partial charge on any atom is 0.191 e. The minimum absolute atomic E-state index is 0.114. The van der Waals surface area contributed by atoms with Gasteiger partial charge in [-0.1, -0.05) is 0 Å². The quantitative estimate of drug-likeness (QED) is 0.546. The van der Waals surface area contributed by atoms with Crippen molar-refractivity contribution in [2.45, 2.75) is 26.3 Å². The Morgan fingerprint density at radius 3 is 2.74 bits per heavy atom. The van der Waals surface area contributed by atoms with Gasteiger partial charge < -0.3 is 24.2 Å². The van der Waals surface area contributed by atoms with Crippen LogP contribution in [-0.4, -0.2) is 56.8 Å². The van der Waals surface area contributed by atoms with Gasteiger partial charge in [0.25, 0.3) is 0 Å². The summed E-state index contributed by atoms with van der Waals surface area (Å²) in [5, 5.41) is 6.69. The molecule has 1 fully saturated rings. The van der Waals surface area contributed by atoms with Crippen molar-refractivity contribution in [2.24, 2.45) is 4.99 Å². The minimum atomic E-state index is 0.114. The number of nitrogens with zero attached hydrogens (tertiary/aromatic N) is 2. The van der Waals surface area contributed by atoms with Crippen LogP contribution < -0.4 is 10.6 Å². The van der Waals surface area contributed by atoms with E-state index in [1.165, 1.54) is 0 Å². The molecule has 0 radical (unpaired) electrons. The van der Waals surface area contributed by atoms with Crippen molar-refractivity contribution in [1.82, 2.24) is 15.5 Å². The largest absolute Gasteiger partial charge is 0.469 e. The van der Waals surface area contributed by atoms with Crippen molar-refractivity contribution in [2.75, 3.05) is 45.9 Å². The summed E-state index contributed by atoms with van der Waals surface area (Å²) in [4.78, 5) is 7.20. The average molecular weight is 374 g/mol. The van der Waals surface area contributed by atoms with Gasteiger partial charge in [-0.2, -0.15) is 0 Å². The predicted molar refractivity (Wildman–Crippen MR) is 105 cm³/mol. The van der Waals surface area contributed by atoms with Crippen molar-refractivity contribution in [3.8, 4) is 0 Å². The van der Waals surface area contributed by atoms with Gasteiger partial charge in [-0.15, -0.1) is 0 Å². The highest BCUT2D eigenvalue weighted by molar-refractivity contribution is 5.79. The molecule has 7 heteroatoms. The lowest BCUT2D eigenvalue weighted by Gasteiger charge is -2.32. The zero-order chi connectivity index (χ0) is 18.9. The Kier molecular flexibility index (Phi) is 7.36. The smallest absolute Gasteiger partial charge is 0.191 e. The second-order valence-corrected chi connectivity index (χ2v) is 6.59. The fourth-order valence-corrected chi connectivity index (χ4v) is 3.19. The Morgan fingerprint density at radius 1 is 1.22 bits per heavy atom. The number of aliphatic imine (C=N–C) groups is 1. The minimum Gasteiger partial charge on any atom is -0.469 e. The molecule has 7 nitrogen and oxygen atoms in total. The molecule has 0 spiro atoms. The van der Waals surface area contributed by atoms with E-state index in [2.05, 4.69) is 28.5 Å². The van der Waals surface area contributed by atoms with Crippen LogP contribution >= 0.6 is 0 Å². The molecule has 0 aliphatic carbocycles. The number of hydrogen-bond acceptors (Lipinski definition) is 5. The molecular formula is C20H30N4O3. The van der Waals surface area contributed by atoms with Crippen molar-refractivity contribution < 1.29 is 13.6 Å². The van der Waals surface area contributed by atoms with E-state index in [0.717, 1.165) is 69.1 Å². The number of ether oxygens (including phenoxy) is 1. The Morgan fingerprint density at radius 2 is 2.07 bits per heavy atom. The van der Waals surface area contributed by atoms with Crippen molar-refractivity contribution in [3.05, 3.63) is 47.8 Å². The van der Waals surface area contributed by atoms with Crippen LogP contribution in [0.5, 0.6) is 0 Å². The average Bonchev–Trinajstić information content (AvgIpc) is 3.35. The summed E-state index contributed by atoms with van der Waals surface area (Å²) in [6.07, 6.45) is 2.52. The van der Waals surface area contributed by atoms with Crippen LogP contribution in [-0.2, 0) is 11.2 Å². The van der Waals surface area contributed by atoms with E-state index in [4.69, 9.17) is 18.6 Å². The lowest BCUT2D eigenvalue weighted by atomic mass is 10.1. The topological polar surface area (TPSA) is 75.2 Å². The van der Waals surface area contributed by atoms with Gasteiger partial charge in [-0.05, 0) is 38.1 Å². The van der Waals surface area contributed by atoms with Crippen LogP contribution in [0.4, 0.5) is 0 Å². The van der Waals surface area contributed by atoms with Gasteiger partial charge in [0.15, 0.2) is 5.96 Å². The Hall–Kier alpha value is -2.25. The summed E-state index contributed by atoms with van der Waals surface area (Å²) in [7, 11) is 0. The molecule has 1 aliphatic heterocycles. The number of rotatable bonds is 8. The van der Waals surface area contributed by atoms with E-state index in [1.807, 2.05) is 25.1 Å². The normalized spacial score (nSPS) is 17.0. The number of hydrogen-bond donors (Lipinski definition) is 2. The molecule has 3 heterocycles. The Balaban J connectivity index is 1.63. The third-order valence-corrected chi connectivity index (χ3v) is 4.59. The summed E-state index contributed by atoms with van der Waals surface area (Å²) in [5.74, 6) is 3.67. The van der Waals surface area contributed by atoms with Gasteiger partial charge >= 0.3 is 0 Å². The Labute approximate surface area is 160 Å². The van der Waals surface area contributed by atoms with E-state index in [0.29, 0.717) is 6.54 Å². The first-order valence-electron chi connectivity index (χ1n) is 9.69. The third-order valence-electron chi connectivity index (χ3n) is 4.59. The summed E-state index contributed by atoms with van der Waals surface area (Å²) in [6.45, 7) is 9.54. The standard InChI is InChI=1S/C20H30N4O3/c1-3-21-20(22-9-8-17-5-4-12-26-17)23-15-18(19-7-6-16(2)27-19)24-10-13-25-14-11-24/h4-7,12,18H,3,8-11,13-15H2,1-2H3,(H2,21,22,23). The molecule has 148 valence electrons. The fraction of sp³-hybridized carbons (Fsp3) is 0.550. The van der Waals surface area contributed by atoms with E-state index in [-0.39, 0.29) is 6.04 Å². The lowest BCUT2D eigenvalue weighted by Crippen LogP contribution is -2.42. The molecule has 2 aromatic rings. The van der Waals surface area contributed by atoms with E-state index in [1.54, 1.807) is 6.26 Å². The first-order chi connectivity index (χ1) is 13.3. The molecule has 1 atom stereocenters. The van der Waals surface area contributed by atoms with Crippen molar-refractivity contribution in [1.29, 1.82) is 0 Å². The van der Waals surface area contributed by atoms with Crippen LogP contribution in [0, 0.1) is 6.92 Å². The van der Waals surface area contributed by atoms with E-state index < -0.39 is 0 Å². The van der Waals surface area contributed by atoms with Crippen LogP contribution in [0.2, 0.25) is 0 Å². The highest BCUT2D eigenvalue weighted by Gasteiger charge is 2.25. The first-order valence-corrected chi connectivity index (χ1v) is 9.69. The predicted octanol–water partition coefficient (Wildman–Crippen LogP) is 2.35. The fourth-order valence-electron chi connectivity index (χ4n) is 3.19. The number of nitrogens with one attached hydrogen (secondary N) is 2. The number of aryl methyl sites for hydroxylation is 1. The summed E-state index contributed by atoms with van der Waals surface area (Å²) < 4.78 is 16.8. The highest BCUT2D eigenvalue weighted by Crippen LogP contribution is 2.24. The summed E-state index contributed by atoms with van der Waals surface area (Å²) >= 11 is 0. The van der Waals surface area contributed by atoms with Crippen LogP contribution in [0.25, 0.3) is 0 Å². The molecule has 0 amide bonds. The van der Waals surface area contributed by atoms with Gasteiger partial charge in [-0.3, -0.25) is 9.89 Å². The maximum atomic E-state index is 5.92. The lowest BCUT2D eigenvalue weighted by molar-refractivity contribution is 0.0135. The number of guanidine groups is 1. The van der Waals surface area contributed by atoms with Crippen LogP contribution in [0.3, 0.4) is 0 Å². The second kappa shape index (κ2) is 10.2. The molecule has 0 aromatic carbocycles. The zero-order valence-corrected chi connectivity index (χ0v) is 16.2. The molecule has 27 heavy (non-hydrogen) atoms. The zero-order valence-electron chi connectivity index (χ0n) is 16.2. The molecular weight excluding hydrogens is 344 g/mol. The molecule has 0 bridgehead atoms. The molecule has 1 unspecified atom stereocenters. The summed E-state index contributed by atoms with van der Waals surface area (Å²) in [5.41, 5.74) is 0. The number of morpholine rings is 1. The second-order valence-electron chi connectivity index (χ2n) is 6.59. The maximum absolute atomic E-state index is 5.92. The van der Waals surface area contributed by atoms with E-state index in [9.17, 15) is 0 Å². The molecule has 2 aromatic heterocycles. The molecule has 0 saturated carbocycles. The van der Waals surface area contributed by atoms with Gasteiger partial charge in [0, 0.05) is 32.6 Å². The van der Waals surface area contributed by atoms with Crippen molar-refractivity contribution in [3.63, 3.8) is 0 Å². The monoisotopic (exact) mass is 374 g/mol. The summed E-state index contributed by atoms with van der Waals surface area (Å²) in [6, 6.07) is 8.08. The van der Waals surface area contributed by atoms with Gasteiger partial charge in [0.1, 0.15) is 17.3 Å². The van der Waals surface area contributed by atoms with Gasteiger partial charge in [0.05, 0.1) is 32.1 Å². The third kappa shape index (κ3) is 5.87. The SMILES string of the molecule is CCNC(=NCC(c1ccc(C)o1)N1CCOCC1)NCCc1ccco1. The first kappa shape index (κ1) is 19.5. The number of furan rings is 2. The van der Waals surface area contributed by atoms with Crippen LogP contribution in [0.15, 0.2) is 44.4 Å².